The van der Waals surface area contributed by atoms with E-state index >= 15 is 0 Å². The van der Waals surface area contributed by atoms with E-state index in [1.54, 1.807) is 31.5 Å². The molecule has 2 aromatic carbocycles. The Morgan fingerprint density at radius 1 is 1.14 bits per heavy atom. The molecule has 0 saturated carbocycles. The van der Waals surface area contributed by atoms with E-state index in [1.165, 1.54) is 4.31 Å². The van der Waals surface area contributed by atoms with Gasteiger partial charge < -0.3 is 15.4 Å². The molecule has 10 heteroatoms. The van der Waals surface area contributed by atoms with Gasteiger partial charge in [-0.1, -0.05) is 11.6 Å². The SMILES string of the molecule is COc1ccc(S(=O)(=O)N2CCC(C(=O)NCCNc3ccnc4cc(Cl)ccc34)CC2)cc1C. The van der Waals surface area contributed by atoms with E-state index in [1.807, 2.05) is 31.2 Å². The summed E-state index contributed by atoms with van der Waals surface area (Å²) >= 11 is 6.04. The van der Waals surface area contributed by atoms with Crippen LogP contribution in [0, 0.1) is 12.8 Å². The summed E-state index contributed by atoms with van der Waals surface area (Å²) < 4.78 is 32.8. The van der Waals surface area contributed by atoms with Crippen LogP contribution in [0.25, 0.3) is 10.9 Å². The standard InChI is InChI=1S/C25H29ClN4O4S/c1-17-15-20(4-6-24(17)34-2)35(32,33)30-13-8-18(9-14-30)25(31)29-12-11-28-22-7-10-27-23-16-19(26)3-5-21(22)23/h3-7,10,15-16,18H,8-9,11-14H2,1-2H3,(H,27,28)(H,29,31). The molecule has 1 fully saturated rings. The minimum Gasteiger partial charge on any atom is -0.496 e. The number of nitrogens with one attached hydrogen (secondary N) is 2. The van der Waals surface area contributed by atoms with Gasteiger partial charge in [0.25, 0.3) is 0 Å². The lowest BCUT2D eigenvalue weighted by Gasteiger charge is -2.30. The molecule has 1 aliphatic heterocycles. The second kappa shape index (κ2) is 10.8. The second-order valence-corrected chi connectivity index (χ2v) is 10.9. The van der Waals surface area contributed by atoms with Gasteiger partial charge in [0.15, 0.2) is 0 Å². The lowest BCUT2D eigenvalue weighted by molar-refractivity contribution is -0.126. The summed E-state index contributed by atoms with van der Waals surface area (Å²) in [4.78, 5) is 17.2. The number of hydrogen-bond donors (Lipinski definition) is 2. The molecule has 1 saturated heterocycles. The third kappa shape index (κ3) is 5.69. The Labute approximate surface area is 210 Å². The van der Waals surface area contributed by atoms with Gasteiger partial charge in [0, 0.05) is 54.4 Å². The van der Waals surface area contributed by atoms with E-state index in [4.69, 9.17) is 16.3 Å². The largest absolute Gasteiger partial charge is 0.496 e. The minimum absolute atomic E-state index is 0.0458. The smallest absolute Gasteiger partial charge is 0.243 e. The molecule has 1 aromatic heterocycles. The van der Waals surface area contributed by atoms with Gasteiger partial charge >= 0.3 is 0 Å². The molecule has 4 rings (SSSR count). The topological polar surface area (TPSA) is 101 Å². The molecule has 1 amide bonds. The van der Waals surface area contributed by atoms with E-state index in [0.717, 1.165) is 22.2 Å². The summed E-state index contributed by atoms with van der Waals surface area (Å²) in [5, 5.41) is 7.89. The van der Waals surface area contributed by atoms with Gasteiger partial charge in [0.05, 0.1) is 17.5 Å². The molecule has 8 nitrogen and oxygen atoms in total. The predicted octanol–water partition coefficient (Wildman–Crippen LogP) is 3.83. The molecule has 3 aromatic rings. The van der Waals surface area contributed by atoms with Crippen LogP contribution in [0.1, 0.15) is 18.4 Å². The first kappa shape index (κ1) is 25.2. The van der Waals surface area contributed by atoms with Gasteiger partial charge in [-0.05, 0) is 67.8 Å². The number of sulfonamides is 1. The van der Waals surface area contributed by atoms with Gasteiger partial charge in [0.2, 0.25) is 15.9 Å². The third-order valence-electron chi connectivity index (χ3n) is 6.27. The number of rotatable bonds is 8. The van der Waals surface area contributed by atoms with E-state index in [9.17, 15) is 13.2 Å². The Morgan fingerprint density at radius 2 is 1.91 bits per heavy atom. The normalized spacial score (nSPS) is 15.2. The van der Waals surface area contributed by atoms with Crippen LogP contribution in [0.3, 0.4) is 0 Å². The summed E-state index contributed by atoms with van der Waals surface area (Å²) in [5.74, 6) is 0.397. The van der Waals surface area contributed by atoms with Gasteiger partial charge in [-0.3, -0.25) is 9.78 Å². The number of amides is 1. The van der Waals surface area contributed by atoms with Gasteiger partial charge in [-0.2, -0.15) is 4.31 Å². The van der Waals surface area contributed by atoms with Crippen molar-refractivity contribution >= 4 is 44.1 Å². The Balaban J connectivity index is 1.26. The minimum atomic E-state index is -3.61. The molecule has 0 atom stereocenters. The van der Waals surface area contributed by atoms with Crippen molar-refractivity contribution in [3.63, 3.8) is 0 Å². The molecule has 2 N–H and O–H groups in total. The molecule has 0 bridgehead atoms. The van der Waals surface area contributed by atoms with Crippen molar-refractivity contribution in [2.24, 2.45) is 5.92 Å². The summed E-state index contributed by atoms with van der Waals surface area (Å²) in [6.07, 6.45) is 2.70. The zero-order chi connectivity index (χ0) is 25.0. The second-order valence-electron chi connectivity index (χ2n) is 8.55. The number of carbonyl (C=O) groups excluding carboxylic acids is 1. The fourth-order valence-electron chi connectivity index (χ4n) is 4.32. The van der Waals surface area contributed by atoms with E-state index in [0.29, 0.717) is 49.8 Å². The maximum atomic E-state index is 13.0. The van der Waals surface area contributed by atoms with Crippen molar-refractivity contribution in [1.29, 1.82) is 0 Å². The van der Waals surface area contributed by atoms with Crippen LogP contribution >= 0.6 is 11.6 Å². The Hall–Kier alpha value is -2.88. The fourth-order valence-corrected chi connectivity index (χ4v) is 6.04. The zero-order valence-corrected chi connectivity index (χ0v) is 21.3. The first-order valence-electron chi connectivity index (χ1n) is 11.5. The molecule has 186 valence electrons. The highest BCUT2D eigenvalue weighted by molar-refractivity contribution is 7.89. The Kier molecular flexibility index (Phi) is 7.78. The van der Waals surface area contributed by atoms with Gasteiger partial charge in [-0.25, -0.2) is 8.42 Å². The Morgan fingerprint density at radius 3 is 2.63 bits per heavy atom. The van der Waals surface area contributed by atoms with Crippen LogP contribution in [0.15, 0.2) is 53.6 Å². The van der Waals surface area contributed by atoms with E-state index in [2.05, 4.69) is 15.6 Å². The van der Waals surface area contributed by atoms with Crippen LogP contribution in [0.2, 0.25) is 5.02 Å². The number of aryl methyl sites for hydroxylation is 1. The quantitative estimate of drug-likeness (QED) is 0.441. The average Bonchev–Trinajstić information content (AvgIpc) is 2.86. The number of benzene rings is 2. The number of methoxy groups -OCH3 is 1. The zero-order valence-electron chi connectivity index (χ0n) is 19.8. The maximum absolute atomic E-state index is 13.0. The monoisotopic (exact) mass is 516 g/mol. The molecule has 0 spiro atoms. The first-order valence-corrected chi connectivity index (χ1v) is 13.3. The van der Waals surface area contributed by atoms with Crippen LogP contribution < -0.4 is 15.4 Å². The molecule has 35 heavy (non-hydrogen) atoms. The lowest BCUT2D eigenvalue weighted by Crippen LogP contribution is -2.43. The molecule has 1 aliphatic rings. The number of anilines is 1. The molecule has 2 heterocycles. The van der Waals surface area contributed by atoms with E-state index in [-0.39, 0.29) is 16.7 Å². The van der Waals surface area contributed by atoms with Crippen LogP contribution in [0.4, 0.5) is 5.69 Å². The molecule has 0 unspecified atom stereocenters. The van der Waals surface area contributed by atoms with Crippen molar-refractivity contribution in [3.05, 3.63) is 59.2 Å². The number of halogens is 1. The van der Waals surface area contributed by atoms with Crippen molar-refractivity contribution < 1.29 is 17.9 Å². The average molecular weight is 517 g/mol. The van der Waals surface area contributed by atoms with Crippen molar-refractivity contribution in [1.82, 2.24) is 14.6 Å². The first-order chi connectivity index (χ1) is 16.8. The highest BCUT2D eigenvalue weighted by atomic mass is 35.5. The maximum Gasteiger partial charge on any atom is 0.243 e. The van der Waals surface area contributed by atoms with Crippen molar-refractivity contribution in [2.45, 2.75) is 24.7 Å². The highest BCUT2D eigenvalue weighted by Crippen LogP contribution is 2.27. The number of pyridine rings is 1. The van der Waals surface area contributed by atoms with Crippen LogP contribution in [-0.2, 0) is 14.8 Å². The third-order valence-corrected chi connectivity index (χ3v) is 8.40. The predicted molar refractivity (Wildman–Crippen MR) is 137 cm³/mol. The summed E-state index contributed by atoms with van der Waals surface area (Å²) in [5.41, 5.74) is 2.49. The summed E-state index contributed by atoms with van der Waals surface area (Å²) in [6, 6.07) is 12.3. The fraction of sp³-hybridized carbons (Fsp3) is 0.360. The number of carbonyl (C=O) groups is 1. The number of ether oxygens (including phenoxy) is 1. The molecule has 0 radical (unpaired) electrons. The highest BCUT2D eigenvalue weighted by Gasteiger charge is 2.32. The number of aromatic nitrogens is 1. The number of hydrogen-bond acceptors (Lipinski definition) is 6. The van der Waals surface area contributed by atoms with Crippen molar-refractivity contribution in [2.75, 3.05) is 38.6 Å². The van der Waals surface area contributed by atoms with Gasteiger partial charge in [-0.15, -0.1) is 0 Å². The van der Waals surface area contributed by atoms with Crippen LogP contribution in [-0.4, -0.2) is 56.9 Å². The summed E-state index contributed by atoms with van der Waals surface area (Å²) in [7, 11) is -2.05. The lowest BCUT2D eigenvalue weighted by atomic mass is 9.97. The molecule has 0 aliphatic carbocycles. The van der Waals surface area contributed by atoms with Gasteiger partial charge in [0.1, 0.15) is 5.75 Å². The molecular formula is C25H29ClN4O4S. The molecular weight excluding hydrogens is 488 g/mol. The number of nitrogens with zero attached hydrogens (tertiary/aromatic N) is 2. The van der Waals surface area contributed by atoms with Crippen molar-refractivity contribution in [3.8, 4) is 5.75 Å². The number of piperidine rings is 1. The van der Waals surface area contributed by atoms with Crippen LogP contribution in [0.5, 0.6) is 5.75 Å². The summed E-state index contributed by atoms with van der Waals surface area (Å²) in [6.45, 7) is 3.46. The van der Waals surface area contributed by atoms with E-state index < -0.39 is 10.0 Å². The Bertz CT molecular complexity index is 1320. The number of fused-ring (bicyclic) bond motifs is 1.